The van der Waals surface area contributed by atoms with E-state index in [2.05, 4.69) is 46.2 Å². The zero-order valence-electron chi connectivity index (χ0n) is 20.4. The minimum absolute atomic E-state index is 0.202. The van der Waals surface area contributed by atoms with Crippen LogP contribution in [0.4, 0.5) is 4.39 Å². The Hall–Kier alpha value is -2.82. The number of allylic oxidation sites excluding steroid dienone is 1. The lowest BCUT2D eigenvalue weighted by atomic mass is 9.97. The second-order valence-electron chi connectivity index (χ2n) is 10.4. The predicted octanol–water partition coefficient (Wildman–Crippen LogP) is 6.33. The number of rotatable bonds is 5. The van der Waals surface area contributed by atoms with Crippen LogP contribution in [0.2, 0.25) is 0 Å². The molecule has 4 heteroatoms. The van der Waals surface area contributed by atoms with E-state index >= 15 is 0 Å². The van der Waals surface area contributed by atoms with Gasteiger partial charge in [0, 0.05) is 36.3 Å². The molecule has 2 fully saturated rings. The minimum Gasteiger partial charge on any atom is -0.300 e. The van der Waals surface area contributed by atoms with Gasteiger partial charge in [-0.2, -0.15) is 0 Å². The number of pyridine rings is 1. The molecule has 0 N–H and O–H groups in total. The molecule has 6 rings (SSSR count). The number of piperidine rings is 2. The van der Waals surface area contributed by atoms with Gasteiger partial charge in [-0.3, -0.25) is 9.88 Å². The second-order valence-corrected chi connectivity index (χ2v) is 10.4. The highest BCUT2D eigenvalue weighted by molar-refractivity contribution is 5.85. The number of fused-ring (bicyclic) bond motifs is 1. The maximum absolute atomic E-state index is 13.8. The Kier molecular flexibility index (Phi) is 6.49. The summed E-state index contributed by atoms with van der Waals surface area (Å²) in [4.78, 5) is 10.1. The van der Waals surface area contributed by atoms with Crippen LogP contribution >= 0.6 is 0 Å². The van der Waals surface area contributed by atoms with Gasteiger partial charge in [-0.25, -0.2) is 4.39 Å². The first-order valence-corrected chi connectivity index (χ1v) is 13.2. The zero-order chi connectivity index (χ0) is 23.6. The highest BCUT2D eigenvalue weighted by atomic mass is 19.1. The highest BCUT2D eigenvalue weighted by Gasteiger charge is 2.25. The van der Waals surface area contributed by atoms with Crippen LogP contribution in [0.3, 0.4) is 0 Å². The quantitative estimate of drug-likeness (QED) is 0.437. The number of hydrogen-bond donors (Lipinski definition) is 0. The lowest BCUT2D eigenvalue weighted by Gasteiger charge is -2.40. The predicted molar refractivity (Wildman–Crippen MR) is 141 cm³/mol. The number of nitrogens with zero attached hydrogens (tertiary/aromatic N) is 3. The Bertz CT molecular complexity index is 1200. The Morgan fingerprint density at radius 2 is 1.63 bits per heavy atom. The van der Waals surface area contributed by atoms with Crippen molar-refractivity contribution in [3.63, 3.8) is 0 Å². The Balaban J connectivity index is 1.11. The first-order chi connectivity index (χ1) is 17.2. The summed E-state index contributed by atoms with van der Waals surface area (Å²) in [6.07, 6.45) is 11.7. The standard InChI is InChI=1S/C31H34FN3/c32-27-6-4-5-25(19-27)29-11-12-31-30(29)20-26(21-33-31)24-9-7-23(8-10-24)22-34-17-13-28(14-18-34)35-15-2-1-3-16-35/h4-11,19-21,28H,1-3,12-18,22H2. The van der Waals surface area contributed by atoms with Crippen LogP contribution in [0.25, 0.3) is 16.7 Å². The Morgan fingerprint density at radius 1 is 0.829 bits per heavy atom. The second kappa shape index (κ2) is 10.0. The van der Waals surface area contributed by atoms with E-state index < -0.39 is 0 Å². The average Bonchev–Trinajstić information content (AvgIpc) is 3.34. The van der Waals surface area contributed by atoms with Crippen LogP contribution in [0.5, 0.6) is 0 Å². The Morgan fingerprint density at radius 3 is 2.40 bits per heavy atom. The largest absolute Gasteiger partial charge is 0.300 e. The van der Waals surface area contributed by atoms with Crippen molar-refractivity contribution in [1.82, 2.24) is 14.8 Å². The van der Waals surface area contributed by atoms with Crippen LogP contribution in [-0.4, -0.2) is 47.0 Å². The van der Waals surface area contributed by atoms with Gasteiger partial charge in [0.1, 0.15) is 5.82 Å². The number of hydrogen-bond acceptors (Lipinski definition) is 3. The molecule has 2 aliphatic heterocycles. The fraction of sp³-hybridized carbons (Fsp3) is 0.387. The summed E-state index contributed by atoms with van der Waals surface area (Å²) < 4.78 is 13.8. The minimum atomic E-state index is -0.202. The van der Waals surface area contributed by atoms with Gasteiger partial charge in [0.05, 0.1) is 5.69 Å². The topological polar surface area (TPSA) is 19.4 Å². The van der Waals surface area contributed by atoms with Crippen molar-refractivity contribution in [2.24, 2.45) is 0 Å². The van der Waals surface area contributed by atoms with Crippen molar-refractivity contribution in [1.29, 1.82) is 0 Å². The normalized spacial score (nSPS) is 19.5. The summed E-state index contributed by atoms with van der Waals surface area (Å²) in [5.41, 5.74) is 7.85. The van der Waals surface area contributed by atoms with Crippen LogP contribution in [0.1, 0.15) is 54.5 Å². The third kappa shape index (κ3) is 4.96. The fourth-order valence-corrected chi connectivity index (χ4v) is 6.07. The molecule has 1 aliphatic carbocycles. The molecule has 0 bridgehead atoms. The first kappa shape index (κ1) is 22.6. The van der Waals surface area contributed by atoms with Crippen molar-refractivity contribution in [2.45, 2.75) is 51.1 Å². The van der Waals surface area contributed by atoms with E-state index in [1.807, 2.05) is 12.3 Å². The van der Waals surface area contributed by atoms with Crippen molar-refractivity contribution in [3.8, 4) is 11.1 Å². The van der Waals surface area contributed by atoms with E-state index in [1.54, 1.807) is 12.1 Å². The highest BCUT2D eigenvalue weighted by Crippen LogP contribution is 2.34. The molecule has 0 radical (unpaired) electrons. The van der Waals surface area contributed by atoms with Gasteiger partial charge in [-0.05, 0) is 92.3 Å². The van der Waals surface area contributed by atoms with Crippen molar-refractivity contribution < 1.29 is 4.39 Å². The molecule has 2 aromatic carbocycles. The van der Waals surface area contributed by atoms with Crippen LogP contribution in [-0.2, 0) is 13.0 Å². The summed E-state index contributed by atoms with van der Waals surface area (Å²) in [7, 11) is 0. The molecule has 0 atom stereocenters. The van der Waals surface area contributed by atoms with Crippen molar-refractivity contribution in [2.75, 3.05) is 26.2 Å². The maximum atomic E-state index is 13.8. The third-order valence-corrected chi connectivity index (χ3v) is 8.05. The summed E-state index contributed by atoms with van der Waals surface area (Å²) in [6.45, 7) is 6.05. The molecule has 35 heavy (non-hydrogen) atoms. The van der Waals surface area contributed by atoms with Gasteiger partial charge in [0.15, 0.2) is 0 Å². The molecule has 3 nitrogen and oxygen atoms in total. The number of benzene rings is 2. The lowest BCUT2D eigenvalue weighted by Crippen LogP contribution is -2.46. The monoisotopic (exact) mass is 467 g/mol. The zero-order valence-corrected chi connectivity index (χ0v) is 20.4. The molecule has 3 aromatic rings. The van der Waals surface area contributed by atoms with Gasteiger partial charge in [-0.1, -0.05) is 48.9 Å². The van der Waals surface area contributed by atoms with Crippen LogP contribution in [0, 0.1) is 5.82 Å². The molecular formula is C31H34FN3. The van der Waals surface area contributed by atoms with Crippen LogP contribution < -0.4 is 0 Å². The van der Waals surface area contributed by atoms with E-state index in [1.165, 1.54) is 75.5 Å². The maximum Gasteiger partial charge on any atom is 0.123 e. The van der Waals surface area contributed by atoms with Gasteiger partial charge >= 0.3 is 0 Å². The number of halogens is 1. The lowest BCUT2D eigenvalue weighted by molar-refractivity contribution is 0.0896. The summed E-state index contributed by atoms with van der Waals surface area (Å²) >= 11 is 0. The molecular weight excluding hydrogens is 433 g/mol. The summed E-state index contributed by atoms with van der Waals surface area (Å²) in [6, 6.07) is 18.8. The molecule has 3 aliphatic rings. The first-order valence-electron chi connectivity index (χ1n) is 13.2. The van der Waals surface area contributed by atoms with Crippen LogP contribution in [0.15, 0.2) is 66.9 Å². The van der Waals surface area contributed by atoms with Crippen molar-refractivity contribution >= 4 is 5.57 Å². The third-order valence-electron chi connectivity index (χ3n) is 8.05. The fourth-order valence-electron chi connectivity index (χ4n) is 6.07. The van der Waals surface area contributed by atoms with Gasteiger partial charge in [0.2, 0.25) is 0 Å². The average molecular weight is 468 g/mol. The summed E-state index contributed by atoms with van der Waals surface area (Å²) in [5, 5.41) is 0. The van der Waals surface area contributed by atoms with Crippen molar-refractivity contribution in [3.05, 3.63) is 95.1 Å². The van der Waals surface area contributed by atoms with E-state index in [-0.39, 0.29) is 5.82 Å². The van der Waals surface area contributed by atoms with E-state index in [4.69, 9.17) is 4.98 Å². The van der Waals surface area contributed by atoms with E-state index in [0.29, 0.717) is 0 Å². The molecule has 0 saturated carbocycles. The summed E-state index contributed by atoms with van der Waals surface area (Å²) in [5.74, 6) is -0.202. The molecule has 1 aromatic heterocycles. The van der Waals surface area contributed by atoms with Gasteiger partial charge in [-0.15, -0.1) is 0 Å². The molecule has 180 valence electrons. The molecule has 0 unspecified atom stereocenters. The van der Waals surface area contributed by atoms with E-state index in [0.717, 1.165) is 47.0 Å². The van der Waals surface area contributed by atoms with E-state index in [9.17, 15) is 4.39 Å². The molecule has 0 spiro atoms. The molecule has 2 saturated heterocycles. The smallest absolute Gasteiger partial charge is 0.123 e. The Labute approximate surface area is 208 Å². The SMILES string of the molecule is Fc1cccc(C2=CCc3ncc(-c4ccc(CN5CCC(N6CCCCC6)CC5)cc4)cc32)c1. The van der Waals surface area contributed by atoms with Gasteiger partial charge in [0.25, 0.3) is 0 Å². The molecule has 3 heterocycles. The molecule has 0 amide bonds. The number of likely N-dealkylation sites (tertiary alicyclic amines) is 2. The van der Waals surface area contributed by atoms with Gasteiger partial charge < -0.3 is 4.90 Å². The number of aromatic nitrogens is 1.